The van der Waals surface area contributed by atoms with Crippen LogP contribution < -0.4 is 14.8 Å². The molecule has 5 nitrogen and oxygen atoms in total. The summed E-state index contributed by atoms with van der Waals surface area (Å²) in [4.78, 5) is 0. The quantitative estimate of drug-likeness (QED) is 0.908. The molecule has 1 aromatic rings. The molecule has 0 radical (unpaired) electrons. The van der Waals surface area contributed by atoms with Gasteiger partial charge in [-0.15, -0.1) is 0 Å². The van der Waals surface area contributed by atoms with Crippen LogP contribution in [0.5, 0.6) is 5.75 Å². The van der Waals surface area contributed by atoms with Gasteiger partial charge in [-0.25, -0.2) is 8.42 Å². The van der Waals surface area contributed by atoms with Gasteiger partial charge in [-0.2, -0.15) is 0 Å². The molecule has 0 aliphatic carbocycles. The second kappa shape index (κ2) is 4.95. The first-order chi connectivity index (χ1) is 8.50. The molecule has 1 atom stereocenters. The van der Waals surface area contributed by atoms with Gasteiger partial charge >= 0.3 is 0 Å². The lowest BCUT2D eigenvalue weighted by Gasteiger charge is -2.19. The summed E-state index contributed by atoms with van der Waals surface area (Å²) in [6, 6.07) is 4.93. The smallest absolute Gasteiger partial charge is 0.239 e. The van der Waals surface area contributed by atoms with Crippen molar-refractivity contribution in [3.8, 4) is 5.75 Å². The van der Waals surface area contributed by atoms with E-state index in [9.17, 15) is 8.42 Å². The molecule has 1 fully saturated rings. The number of ether oxygens (including phenoxy) is 1. The highest BCUT2D eigenvalue weighted by Gasteiger charge is 2.38. The topological polar surface area (TPSA) is 72.6 Å². The standard InChI is InChI=1S/C11H15ClN2O3S/c1-17-11-3-2-8(6-10(11)12)14-5-4-9(7-13)18(14,15)16/h2-3,6,9H,4-5,7,13H2,1H3/t9-/m0/s1. The van der Waals surface area contributed by atoms with Crippen molar-refractivity contribution in [2.45, 2.75) is 11.7 Å². The summed E-state index contributed by atoms with van der Waals surface area (Å²) < 4.78 is 30.7. The van der Waals surface area contributed by atoms with Gasteiger partial charge in [-0.3, -0.25) is 4.31 Å². The summed E-state index contributed by atoms with van der Waals surface area (Å²) in [6.45, 7) is 0.579. The van der Waals surface area contributed by atoms with Crippen LogP contribution in [0.2, 0.25) is 5.02 Å². The second-order valence-electron chi connectivity index (χ2n) is 4.08. The number of hydrogen-bond acceptors (Lipinski definition) is 4. The zero-order chi connectivity index (χ0) is 13.3. The zero-order valence-corrected chi connectivity index (χ0v) is 11.5. The Bertz CT molecular complexity index is 547. The molecule has 7 heteroatoms. The molecule has 0 aromatic heterocycles. The monoisotopic (exact) mass is 290 g/mol. The van der Waals surface area contributed by atoms with Gasteiger partial charge in [0.25, 0.3) is 0 Å². The molecule has 0 saturated carbocycles. The van der Waals surface area contributed by atoms with Crippen LogP contribution in [0, 0.1) is 0 Å². The molecule has 1 saturated heterocycles. The summed E-state index contributed by atoms with van der Waals surface area (Å²) in [5.41, 5.74) is 6.03. The maximum atomic E-state index is 12.2. The van der Waals surface area contributed by atoms with Gasteiger partial charge in [0.15, 0.2) is 0 Å². The first-order valence-corrected chi connectivity index (χ1v) is 7.44. The lowest BCUT2D eigenvalue weighted by molar-refractivity contribution is 0.415. The molecule has 1 aromatic carbocycles. The van der Waals surface area contributed by atoms with Gasteiger partial charge in [0, 0.05) is 13.1 Å². The lowest BCUT2D eigenvalue weighted by Crippen LogP contribution is -2.33. The van der Waals surface area contributed by atoms with Crippen molar-refractivity contribution in [2.24, 2.45) is 5.73 Å². The van der Waals surface area contributed by atoms with Crippen LogP contribution in [-0.2, 0) is 10.0 Å². The Labute approximate surface area is 112 Å². The van der Waals surface area contributed by atoms with E-state index in [1.54, 1.807) is 18.2 Å². The third-order valence-corrected chi connectivity index (χ3v) is 5.64. The molecular weight excluding hydrogens is 276 g/mol. The second-order valence-corrected chi connectivity index (χ2v) is 6.63. The molecule has 0 spiro atoms. The van der Waals surface area contributed by atoms with Crippen molar-refractivity contribution in [1.29, 1.82) is 0 Å². The minimum Gasteiger partial charge on any atom is -0.495 e. The number of anilines is 1. The SMILES string of the molecule is COc1ccc(N2CC[C@@H](CN)S2(=O)=O)cc1Cl. The van der Waals surface area contributed by atoms with E-state index in [2.05, 4.69) is 0 Å². The normalized spacial score (nSPS) is 22.2. The Morgan fingerprint density at radius 1 is 1.56 bits per heavy atom. The number of nitrogens with two attached hydrogens (primary N) is 1. The van der Waals surface area contributed by atoms with Crippen LogP contribution in [0.1, 0.15) is 6.42 Å². The summed E-state index contributed by atoms with van der Waals surface area (Å²) in [6.07, 6.45) is 0.544. The van der Waals surface area contributed by atoms with Gasteiger partial charge in [0.1, 0.15) is 5.75 Å². The van der Waals surface area contributed by atoms with Crippen LogP contribution >= 0.6 is 11.6 Å². The van der Waals surface area contributed by atoms with Gasteiger partial charge in [0.2, 0.25) is 10.0 Å². The van der Waals surface area contributed by atoms with E-state index in [1.165, 1.54) is 11.4 Å². The predicted octanol–water partition coefficient (Wildman–Crippen LogP) is 1.22. The number of benzene rings is 1. The maximum absolute atomic E-state index is 12.2. The lowest BCUT2D eigenvalue weighted by atomic mass is 10.2. The van der Waals surface area contributed by atoms with Crippen LogP contribution in [0.3, 0.4) is 0 Å². The summed E-state index contributed by atoms with van der Waals surface area (Å²) in [7, 11) is -1.85. The highest BCUT2D eigenvalue weighted by Crippen LogP contribution is 2.33. The van der Waals surface area contributed by atoms with Crippen LogP contribution in [0.4, 0.5) is 5.69 Å². The third kappa shape index (κ3) is 2.15. The highest BCUT2D eigenvalue weighted by molar-refractivity contribution is 7.93. The average molecular weight is 291 g/mol. The summed E-state index contributed by atoms with van der Waals surface area (Å²) >= 11 is 6.00. The molecule has 2 rings (SSSR count). The van der Waals surface area contributed by atoms with E-state index in [4.69, 9.17) is 22.1 Å². The largest absolute Gasteiger partial charge is 0.495 e. The Morgan fingerprint density at radius 2 is 2.28 bits per heavy atom. The van der Waals surface area contributed by atoms with Crippen molar-refractivity contribution in [3.05, 3.63) is 23.2 Å². The van der Waals surface area contributed by atoms with Crippen molar-refractivity contribution in [2.75, 3.05) is 24.5 Å². The fourth-order valence-electron chi connectivity index (χ4n) is 2.04. The number of hydrogen-bond donors (Lipinski definition) is 1. The fraction of sp³-hybridized carbons (Fsp3) is 0.455. The molecule has 0 amide bonds. The van der Waals surface area contributed by atoms with E-state index in [0.29, 0.717) is 29.4 Å². The van der Waals surface area contributed by atoms with Gasteiger partial charge in [-0.05, 0) is 24.6 Å². The number of rotatable bonds is 3. The zero-order valence-electron chi connectivity index (χ0n) is 9.97. The first kappa shape index (κ1) is 13.5. The van der Waals surface area contributed by atoms with E-state index in [1.807, 2.05) is 0 Å². The van der Waals surface area contributed by atoms with Crippen LogP contribution in [-0.4, -0.2) is 33.9 Å². The van der Waals surface area contributed by atoms with Crippen LogP contribution in [0.25, 0.3) is 0 Å². The van der Waals surface area contributed by atoms with Crippen LogP contribution in [0.15, 0.2) is 18.2 Å². The summed E-state index contributed by atoms with van der Waals surface area (Å²) in [5.74, 6) is 0.521. The van der Waals surface area contributed by atoms with E-state index < -0.39 is 15.3 Å². The van der Waals surface area contributed by atoms with Crippen molar-refractivity contribution < 1.29 is 13.2 Å². The third-order valence-electron chi connectivity index (χ3n) is 3.07. The number of sulfonamides is 1. The molecule has 18 heavy (non-hydrogen) atoms. The van der Waals surface area contributed by atoms with E-state index >= 15 is 0 Å². The molecular formula is C11H15ClN2O3S. The van der Waals surface area contributed by atoms with E-state index in [-0.39, 0.29) is 6.54 Å². The highest BCUT2D eigenvalue weighted by atomic mass is 35.5. The summed E-state index contributed by atoms with van der Waals surface area (Å²) in [5, 5.41) is -0.111. The molecule has 1 heterocycles. The number of methoxy groups -OCH3 is 1. The van der Waals surface area contributed by atoms with Gasteiger partial charge in [-0.1, -0.05) is 11.6 Å². The van der Waals surface area contributed by atoms with E-state index in [0.717, 1.165) is 0 Å². The van der Waals surface area contributed by atoms with Gasteiger partial charge < -0.3 is 10.5 Å². The number of nitrogens with zero attached hydrogens (tertiary/aromatic N) is 1. The maximum Gasteiger partial charge on any atom is 0.239 e. The Kier molecular flexibility index (Phi) is 3.70. The van der Waals surface area contributed by atoms with Crippen molar-refractivity contribution in [3.63, 3.8) is 0 Å². The Balaban J connectivity index is 2.36. The predicted molar refractivity (Wildman–Crippen MR) is 71.7 cm³/mol. The Morgan fingerprint density at radius 3 is 2.78 bits per heavy atom. The molecule has 0 unspecified atom stereocenters. The number of halogens is 1. The molecule has 2 N–H and O–H groups in total. The molecule has 0 bridgehead atoms. The average Bonchev–Trinajstić information content (AvgIpc) is 2.63. The molecule has 1 aliphatic rings. The molecule has 1 aliphatic heterocycles. The molecule has 100 valence electrons. The Hall–Kier alpha value is -0.980. The van der Waals surface area contributed by atoms with Crippen molar-refractivity contribution in [1.82, 2.24) is 0 Å². The minimum absolute atomic E-state index is 0.142. The van der Waals surface area contributed by atoms with Crippen molar-refractivity contribution >= 4 is 27.3 Å². The first-order valence-electron chi connectivity index (χ1n) is 5.56. The van der Waals surface area contributed by atoms with Gasteiger partial charge in [0.05, 0.1) is 23.1 Å². The minimum atomic E-state index is -3.36. The fourth-order valence-corrected chi connectivity index (χ4v) is 4.07.